The van der Waals surface area contributed by atoms with Gasteiger partial charge >= 0.3 is 0 Å². The van der Waals surface area contributed by atoms with Crippen LogP contribution in [0.3, 0.4) is 0 Å². The number of hydrogen-bond donors (Lipinski definition) is 1. The van der Waals surface area contributed by atoms with Crippen LogP contribution in [-0.4, -0.2) is 49.7 Å². The molecule has 0 amide bonds. The lowest BCUT2D eigenvalue weighted by Crippen LogP contribution is -2.34. The molecule has 1 unspecified atom stereocenters. The first-order valence-corrected chi connectivity index (χ1v) is 8.34. The van der Waals surface area contributed by atoms with Gasteiger partial charge in [0.2, 0.25) is 11.8 Å². The van der Waals surface area contributed by atoms with Crippen molar-refractivity contribution in [1.82, 2.24) is 24.9 Å². The second-order valence-corrected chi connectivity index (χ2v) is 6.49. The summed E-state index contributed by atoms with van der Waals surface area (Å²) in [4.78, 5) is 2.36. The predicted octanol–water partition coefficient (Wildman–Crippen LogP) is 1.76. The fourth-order valence-electron chi connectivity index (χ4n) is 3.02. The number of hydrogen-bond acceptors (Lipinski definition) is 6. The molecule has 23 heavy (non-hydrogen) atoms. The van der Waals surface area contributed by atoms with E-state index < -0.39 is 0 Å². The second kappa shape index (κ2) is 7.23. The quantitative estimate of drug-likeness (QED) is 0.874. The molecule has 0 aliphatic carbocycles. The summed E-state index contributed by atoms with van der Waals surface area (Å²) in [7, 11) is 0. The Balaban J connectivity index is 1.60. The van der Waals surface area contributed by atoms with Crippen molar-refractivity contribution in [1.29, 1.82) is 0 Å². The standard InChI is InChI=1S/C16H25N5O2/c1-12(2)16-18-17-15(23-16)11-20-6-3-4-13(10-20)14-5-7-21(19-14)8-9-22/h5,7,12-13,22H,3-4,6,8-11H2,1-2H3. The van der Waals surface area contributed by atoms with Gasteiger partial charge in [0.1, 0.15) is 0 Å². The Morgan fingerprint density at radius 3 is 3.00 bits per heavy atom. The zero-order valence-corrected chi connectivity index (χ0v) is 13.9. The third kappa shape index (κ3) is 3.97. The zero-order valence-electron chi connectivity index (χ0n) is 13.9. The molecule has 0 aromatic carbocycles. The van der Waals surface area contributed by atoms with Crippen LogP contribution in [0.25, 0.3) is 0 Å². The van der Waals surface area contributed by atoms with Crippen LogP contribution in [0, 0.1) is 0 Å². The molecule has 7 nitrogen and oxygen atoms in total. The lowest BCUT2D eigenvalue weighted by atomic mass is 9.95. The van der Waals surface area contributed by atoms with Gasteiger partial charge in [0.05, 0.1) is 25.4 Å². The molecule has 2 aromatic rings. The van der Waals surface area contributed by atoms with Crippen molar-refractivity contribution in [2.24, 2.45) is 0 Å². The molecule has 1 atom stereocenters. The van der Waals surface area contributed by atoms with E-state index in [0.717, 1.165) is 31.6 Å². The Morgan fingerprint density at radius 2 is 2.26 bits per heavy atom. The molecule has 1 aliphatic rings. The van der Waals surface area contributed by atoms with Gasteiger partial charge < -0.3 is 9.52 Å². The SMILES string of the molecule is CC(C)c1nnc(CN2CCCC(c3ccn(CCO)n3)C2)o1. The van der Waals surface area contributed by atoms with Crippen LogP contribution >= 0.6 is 0 Å². The Kier molecular flexibility index (Phi) is 5.07. The van der Waals surface area contributed by atoms with E-state index in [9.17, 15) is 0 Å². The van der Waals surface area contributed by atoms with Crippen LogP contribution in [0.4, 0.5) is 0 Å². The molecule has 126 valence electrons. The third-order valence-electron chi connectivity index (χ3n) is 4.25. The number of nitrogens with zero attached hydrogens (tertiary/aromatic N) is 5. The molecule has 1 saturated heterocycles. The first-order valence-electron chi connectivity index (χ1n) is 8.34. The minimum absolute atomic E-state index is 0.118. The van der Waals surface area contributed by atoms with Crippen LogP contribution < -0.4 is 0 Å². The van der Waals surface area contributed by atoms with Gasteiger partial charge in [0, 0.05) is 24.6 Å². The fourth-order valence-corrected chi connectivity index (χ4v) is 3.02. The molecule has 0 saturated carbocycles. The summed E-state index contributed by atoms with van der Waals surface area (Å²) >= 11 is 0. The highest BCUT2D eigenvalue weighted by Gasteiger charge is 2.24. The van der Waals surface area contributed by atoms with Crippen LogP contribution in [0.5, 0.6) is 0 Å². The van der Waals surface area contributed by atoms with E-state index in [4.69, 9.17) is 9.52 Å². The van der Waals surface area contributed by atoms with Crippen molar-refractivity contribution in [2.75, 3.05) is 19.7 Å². The van der Waals surface area contributed by atoms with Crippen LogP contribution in [0.15, 0.2) is 16.7 Å². The smallest absolute Gasteiger partial charge is 0.230 e. The average Bonchev–Trinajstić information content (AvgIpc) is 3.17. The van der Waals surface area contributed by atoms with Gasteiger partial charge in [-0.05, 0) is 25.5 Å². The Morgan fingerprint density at radius 1 is 1.39 bits per heavy atom. The second-order valence-electron chi connectivity index (χ2n) is 6.49. The summed E-state index contributed by atoms with van der Waals surface area (Å²) in [6.45, 7) is 7.48. The normalized spacial score (nSPS) is 19.6. The summed E-state index contributed by atoms with van der Waals surface area (Å²) in [5.41, 5.74) is 1.11. The van der Waals surface area contributed by atoms with E-state index >= 15 is 0 Å². The minimum atomic E-state index is 0.118. The fraction of sp³-hybridized carbons (Fsp3) is 0.688. The van der Waals surface area contributed by atoms with Crippen molar-refractivity contribution in [2.45, 2.75) is 51.6 Å². The Bertz CT molecular complexity index is 622. The number of likely N-dealkylation sites (tertiary alicyclic amines) is 1. The Labute approximate surface area is 136 Å². The number of rotatable bonds is 6. The van der Waals surface area contributed by atoms with E-state index in [0.29, 0.717) is 30.8 Å². The van der Waals surface area contributed by atoms with Gasteiger partial charge in [-0.2, -0.15) is 5.10 Å². The highest BCUT2D eigenvalue weighted by Crippen LogP contribution is 2.26. The summed E-state index contributed by atoms with van der Waals surface area (Å²) in [6.07, 6.45) is 4.23. The first-order chi connectivity index (χ1) is 11.2. The molecule has 1 aliphatic heterocycles. The molecule has 0 spiro atoms. The summed E-state index contributed by atoms with van der Waals surface area (Å²) in [6, 6.07) is 2.06. The molecule has 3 rings (SSSR count). The average molecular weight is 319 g/mol. The summed E-state index contributed by atoms with van der Waals surface area (Å²) in [5.74, 6) is 2.09. The van der Waals surface area contributed by atoms with Gasteiger partial charge in [-0.25, -0.2) is 0 Å². The first kappa shape index (κ1) is 16.1. The van der Waals surface area contributed by atoms with Crippen LogP contribution in [0.1, 0.15) is 56.0 Å². The lowest BCUT2D eigenvalue weighted by Gasteiger charge is -2.30. The number of aromatic nitrogens is 4. The minimum Gasteiger partial charge on any atom is -0.424 e. The molecular formula is C16H25N5O2. The van der Waals surface area contributed by atoms with E-state index in [-0.39, 0.29) is 12.5 Å². The summed E-state index contributed by atoms with van der Waals surface area (Å²) < 4.78 is 7.52. The molecular weight excluding hydrogens is 294 g/mol. The van der Waals surface area contributed by atoms with Crippen molar-refractivity contribution in [3.05, 3.63) is 29.7 Å². The maximum Gasteiger partial charge on any atom is 0.230 e. The van der Waals surface area contributed by atoms with Crippen LogP contribution in [-0.2, 0) is 13.1 Å². The van der Waals surface area contributed by atoms with Crippen molar-refractivity contribution >= 4 is 0 Å². The zero-order chi connectivity index (χ0) is 16.2. The molecule has 0 radical (unpaired) electrons. The highest BCUT2D eigenvalue weighted by atomic mass is 16.4. The molecule has 2 aromatic heterocycles. The number of aliphatic hydroxyl groups is 1. The van der Waals surface area contributed by atoms with E-state index in [1.54, 1.807) is 4.68 Å². The molecule has 3 heterocycles. The maximum absolute atomic E-state index is 8.99. The third-order valence-corrected chi connectivity index (χ3v) is 4.25. The molecule has 1 N–H and O–H groups in total. The van der Waals surface area contributed by atoms with Gasteiger partial charge in [0.25, 0.3) is 0 Å². The van der Waals surface area contributed by atoms with E-state index in [1.807, 2.05) is 6.20 Å². The van der Waals surface area contributed by atoms with Crippen molar-refractivity contribution < 1.29 is 9.52 Å². The Hall–Kier alpha value is -1.73. The van der Waals surface area contributed by atoms with Crippen LogP contribution in [0.2, 0.25) is 0 Å². The summed E-state index contributed by atoms with van der Waals surface area (Å²) in [5, 5.41) is 21.8. The number of piperidine rings is 1. The molecule has 0 bridgehead atoms. The van der Waals surface area contributed by atoms with Gasteiger partial charge in [-0.1, -0.05) is 13.8 Å². The van der Waals surface area contributed by atoms with Gasteiger partial charge in [0.15, 0.2) is 0 Å². The van der Waals surface area contributed by atoms with Crippen molar-refractivity contribution in [3.8, 4) is 0 Å². The largest absolute Gasteiger partial charge is 0.424 e. The number of aliphatic hydroxyl groups excluding tert-OH is 1. The van der Waals surface area contributed by atoms with Gasteiger partial charge in [-0.3, -0.25) is 9.58 Å². The molecule has 7 heteroatoms. The molecule has 1 fully saturated rings. The van der Waals surface area contributed by atoms with E-state index in [2.05, 4.69) is 40.1 Å². The van der Waals surface area contributed by atoms with E-state index in [1.165, 1.54) is 0 Å². The topological polar surface area (TPSA) is 80.2 Å². The predicted molar refractivity (Wildman–Crippen MR) is 85.0 cm³/mol. The maximum atomic E-state index is 8.99. The van der Waals surface area contributed by atoms with Crippen molar-refractivity contribution in [3.63, 3.8) is 0 Å². The van der Waals surface area contributed by atoms with Gasteiger partial charge in [-0.15, -0.1) is 10.2 Å². The highest BCUT2D eigenvalue weighted by molar-refractivity contribution is 5.08. The monoisotopic (exact) mass is 319 g/mol. The lowest BCUT2D eigenvalue weighted by molar-refractivity contribution is 0.180.